The van der Waals surface area contributed by atoms with Gasteiger partial charge in [0.15, 0.2) is 0 Å². The molecule has 0 atom stereocenters. The van der Waals surface area contributed by atoms with Gasteiger partial charge in [-0.2, -0.15) is 0 Å². The summed E-state index contributed by atoms with van der Waals surface area (Å²) < 4.78 is 69.3. The van der Waals surface area contributed by atoms with Gasteiger partial charge in [-0.15, -0.1) is 0 Å². The van der Waals surface area contributed by atoms with Gasteiger partial charge in [0.25, 0.3) is 10.0 Å². The van der Waals surface area contributed by atoms with Crippen molar-refractivity contribution in [1.29, 1.82) is 0 Å². The molecular formula is C26H16F3N3O2S. The third-order valence-electron chi connectivity index (χ3n) is 5.41. The molecule has 0 unspecified atom stereocenters. The van der Waals surface area contributed by atoms with Crippen LogP contribution in [0.5, 0.6) is 0 Å². The van der Waals surface area contributed by atoms with E-state index in [1.807, 2.05) is 6.07 Å². The lowest BCUT2D eigenvalue weighted by Crippen LogP contribution is -2.15. The van der Waals surface area contributed by atoms with Gasteiger partial charge in [-0.25, -0.2) is 21.6 Å². The van der Waals surface area contributed by atoms with Crippen LogP contribution >= 0.6 is 0 Å². The zero-order valence-electron chi connectivity index (χ0n) is 17.9. The Hall–Kier alpha value is -4.24. The molecular weight excluding hydrogens is 475 g/mol. The van der Waals surface area contributed by atoms with Crippen molar-refractivity contribution in [2.24, 2.45) is 0 Å². The molecule has 35 heavy (non-hydrogen) atoms. The molecule has 0 aliphatic carbocycles. The van der Waals surface area contributed by atoms with Crippen LogP contribution in [0.4, 0.5) is 18.9 Å². The van der Waals surface area contributed by atoms with E-state index in [0.29, 0.717) is 39.2 Å². The molecule has 0 aliphatic heterocycles. The van der Waals surface area contributed by atoms with Crippen molar-refractivity contribution in [2.75, 3.05) is 4.72 Å². The van der Waals surface area contributed by atoms with E-state index >= 15 is 0 Å². The number of nitrogens with one attached hydrogen (secondary N) is 1. The SMILES string of the molecule is O=S(=O)(Nc1cncc(-c2ccc3nccc(-c4ccccc4F)c3c2)c1)c1ccc(F)cc1F. The average molecular weight is 491 g/mol. The average Bonchev–Trinajstić information content (AvgIpc) is 2.83. The van der Waals surface area contributed by atoms with Crippen molar-refractivity contribution in [3.8, 4) is 22.3 Å². The second-order valence-electron chi connectivity index (χ2n) is 7.71. The summed E-state index contributed by atoms with van der Waals surface area (Å²) in [6, 6.07) is 17.3. The van der Waals surface area contributed by atoms with Crippen molar-refractivity contribution in [3.05, 3.63) is 109 Å². The van der Waals surface area contributed by atoms with Gasteiger partial charge in [0.2, 0.25) is 0 Å². The van der Waals surface area contributed by atoms with Gasteiger partial charge in [-0.05, 0) is 53.6 Å². The molecule has 3 aromatic carbocycles. The molecule has 2 aromatic heterocycles. The first kappa shape index (κ1) is 22.5. The predicted octanol–water partition coefficient (Wildman–Crippen LogP) is 6.18. The van der Waals surface area contributed by atoms with E-state index in [1.165, 1.54) is 24.5 Å². The third-order valence-corrected chi connectivity index (χ3v) is 6.83. The molecule has 0 bridgehead atoms. The summed E-state index contributed by atoms with van der Waals surface area (Å²) in [5, 5.41) is 0.703. The first-order valence-corrected chi connectivity index (χ1v) is 11.9. The van der Waals surface area contributed by atoms with Gasteiger partial charge < -0.3 is 0 Å². The summed E-state index contributed by atoms with van der Waals surface area (Å²) in [6.07, 6.45) is 4.42. The Morgan fingerprint density at radius 1 is 0.743 bits per heavy atom. The molecule has 9 heteroatoms. The second-order valence-corrected chi connectivity index (χ2v) is 9.36. The Morgan fingerprint density at radius 3 is 2.37 bits per heavy atom. The molecule has 0 saturated heterocycles. The standard InChI is InChI=1S/C26H16F3N3O2S/c27-18-6-8-26(24(29)13-18)35(33,34)32-19-11-17(14-30-15-19)16-5-7-25-22(12-16)20(9-10-31-25)21-3-1-2-4-23(21)28/h1-15,32H. The van der Waals surface area contributed by atoms with Gasteiger partial charge in [0.05, 0.1) is 17.4 Å². The van der Waals surface area contributed by atoms with E-state index in [2.05, 4.69) is 14.7 Å². The number of halogens is 3. The Bertz CT molecular complexity index is 1690. The van der Waals surface area contributed by atoms with Gasteiger partial charge >= 0.3 is 0 Å². The zero-order chi connectivity index (χ0) is 24.6. The van der Waals surface area contributed by atoms with Crippen molar-refractivity contribution in [2.45, 2.75) is 4.90 Å². The van der Waals surface area contributed by atoms with Crippen LogP contribution in [0.15, 0.2) is 96.3 Å². The molecule has 5 aromatic rings. The fourth-order valence-electron chi connectivity index (χ4n) is 3.80. The molecule has 0 amide bonds. The van der Waals surface area contributed by atoms with E-state index < -0.39 is 26.6 Å². The number of aromatic nitrogens is 2. The van der Waals surface area contributed by atoms with Crippen molar-refractivity contribution >= 4 is 26.6 Å². The first-order chi connectivity index (χ1) is 16.8. The number of sulfonamides is 1. The maximum absolute atomic E-state index is 14.5. The van der Waals surface area contributed by atoms with Crippen LogP contribution in [0.25, 0.3) is 33.2 Å². The highest BCUT2D eigenvalue weighted by Gasteiger charge is 2.20. The summed E-state index contributed by atoms with van der Waals surface area (Å²) in [4.78, 5) is 7.76. The molecule has 0 saturated carbocycles. The van der Waals surface area contributed by atoms with Crippen LogP contribution in [0.2, 0.25) is 0 Å². The number of hydrogen-bond acceptors (Lipinski definition) is 4. The van der Waals surface area contributed by atoms with Gasteiger partial charge in [0.1, 0.15) is 22.3 Å². The summed E-state index contributed by atoms with van der Waals surface area (Å²) in [5.41, 5.74) is 3.09. The van der Waals surface area contributed by atoms with Crippen LogP contribution in [-0.2, 0) is 10.0 Å². The molecule has 5 nitrogen and oxygen atoms in total. The lowest BCUT2D eigenvalue weighted by Gasteiger charge is -2.11. The Labute approximate surface area is 199 Å². The van der Waals surface area contributed by atoms with Crippen molar-refractivity contribution in [1.82, 2.24) is 9.97 Å². The number of nitrogens with zero attached hydrogens (tertiary/aromatic N) is 2. The predicted molar refractivity (Wildman–Crippen MR) is 128 cm³/mol. The maximum atomic E-state index is 14.5. The number of rotatable bonds is 5. The highest BCUT2D eigenvalue weighted by molar-refractivity contribution is 7.92. The van der Waals surface area contributed by atoms with Gasteiger partial charge in [-0.1, -0.05) is 24.3 Å². The molecule has 5 rings (SSSR count). The minimum absolute atomic E-state index is 0.0897. The van der Waals surface area contributed by atoms with Gasteiger partial charge in [0, 0.05) is 35.0 Å². The monoisotopic (exact) mass is 491 g/mol. The topological polar surface area (TPSA) is 72.0 Å². The Balaban J connectivity index is 1.54. The molecule has 0 fully saturated rings. The second kappa shape index (κ2) is 8.84. The summed E-state index contributed by atoms with van der Waals surface area (Å²) in [7, 11) is -4.33. The molecule has 0 aliphatic rings. The van der Waals surface area contributed by atoms with E-state index in [1.54, 1.807) is 42.6 Å². The van der Waals surface area contributed by atoms with Crippen molar-refractivity contribution in [3.63, 3.8) is 0 Å². The molecule has 1 N–H and O–H groups in total. The van der Waals surface area contributed by atoms with Crippen molar-refractivity contribution < 1.29 is 21.6 Å². The lowest BCUT2D eigenvalue weighted by atomic mass is 9.97. The van der Waals surface area contributed by atoms with Gasteiger partial charge in [-0.3, -0.25) is 14.7 Å². The highest BCUT2D eigenvalue weighted by atomic mass is 32.2. The fraction of sp³-hybridized carbons (Fsp3) is 0. The fourth-order valence-corrected chi connectivity index (χ4v) is 4.89. The minimum Gasteiger partial charge on any atom is -0.278 e. The summed E-state index contributed by atoms with van der Waals surface area (Å²) in [5.74, 6) is -2.45. The number of pyridine rings is 2. The van der Waals surface area contributed by atoms with E-state index in [-0.39, 0.29) is 11.5 Å². The largest absolute Gasteiger partial charge is 0.278 e. The molecule has 0 spiro atoms. The van der Waals surface area contributed by atoms with Crippen LogP contribution in [-0.4, -0.2) is 18.4 Å². The van der Waals surface area contributed by atoms with E-state index in [9.17, 15) is 21.6 Å². The highest BCUT2D eigenvalue weighted by Crippen LogP contribution is 2.33. The molecule has 174 valence electrons. The normalized spacial score (nSPS) is 11.5. The van der Waals surface area contributed by atoms with E-state index in [0.717, 1.165) is 12.1 Å². The van der Waals surface area contributed by atoms with Crippen LogP contribution in [0, 0.1) is 17.5 Å². The first-order valence-electron chi connectivity index (χ1n) is 10.4. The van der Waals surface area contributed by atoms with Crippen LogP contribution < -0.4 is 4.72 Å². The molecule has 0 radical (unpaired) electrons. The number of anilines is 1. The number of benzene rings is 3. The quantitative estimate of drug-likeness (QED) is 0.319. The Kier molecular flexibility index (Phi) is 5.70. The smallest absolute Gasteiger partial charge is 0.264 e. The summed E-state index contributed by atoms with van der Waals surface area (Å²) in [6.45, 7) is 0. The lowest BCUT2D eigenvalue weighted by molar-refractivity contribution is 0.551. The number of hydrogen-bond donors (Lipinski definition) is 1. The van der Waals surface area contributed by atoms with E-state index in [4.69, 9.17) is 0 Å². The number of fused-ring (bicyclic) bond motifs is 1. The zero-order valence-corrected chi connectivity index (χ0v) is 18.7. The minimum atomic E-state index is -4.33. The Morgan fingerprint density at radius 2 is 1.57 bits per heavy atom. The third kappa shape index (κ3) is 4.45. The van der Waals surface area contributed by atoms with Crippen LogP contribution in [0.1, 0.15) is 0 Å². The van der Waals surface area contributed by atoms with Crippen LogP contribution in [0.3, 0.4) is 0 Å². The summed E-state index contributed by atoms with van der Waals surface area (Å²) >= 11 is 0. The maximum Gasteiger partial charge on any atom is 0.264 e. The molecule has 2 heterocycles.